The van der Waals surface area contributed by atoms with Crippen molar-refractivity contribution in [2.45, 2.75) is 6.92 Å². The Bertz CT molecular complexity index is 614. The van der Waals surface area contributed by atoms with E-state index in [0.29, 0.717) is 10.8 Å². The Morgan fingerprint density at radius 1 is 1.38 bits per heavy atom. The number of halogens is 1. The van der Waals surface area contributed by atoms with Gasteiger partial charge in [-0.3, -0.25) is 0 Å². The van der Waals surface area contributed by atoms with E-state index in [9.17, 15) is 0 Å². The van der Waals surface area contributed by atoms with Gasteiger partial charge in [-0.15, -0.1) is 12.1 Å². The second-order valence-corrected chi connectivity index (χ2v) is 4.55. The quantitative estimate of drug-likeness (QED) is 0.754. The summed E-state index contributed by atoms with van der Waals surface area (Å²) in [6.07, 6.45) is 4.90. The SMILES string of the molecule is C=C1C(Cl)=C[C-]=C(c2ccc(OCC#N)cc2)N1CC.[Y]. The van der Waals surface area contributed by atoms with E-state index in [1.165, 1.54) is 0 Å². The van der Waals surface area contributed by atoms with Crippen molar-refractivity contribution < 1.29 is 37.4 Å². The molecule has 1 radical (unpaired) electrons. The van der Waals surface area contributed by atoms with Gasteiger partial charge in [-0.2, -0.15) is 29.0 Å². The number of nitriles is 1. The normalized spacial score (nSPS) is 13.8. The van der Waals surface area contributed by atoms with Crippen molar-refractivity contribution in [3.63, 3.8) is 0 Å². The van der Waals surface area contributed by atoms with Crippen LogP contribution in [0.2, 0.25) is 0 Å². The molecule has 0 bridgehead atoms. The summed E-state index contributed by atoms with van der Waals surface area (Å²) < 4.78 is 5.23. The van der Waals surface area contributed by atoms with Crippen LogP contribution in [0.15, 0.2) is 47.6 Å². The minimum Gasteiger partial charge on any atom is -0.479 e. The van der Waals surface area contributed by atoms with Crippen LogP contribution in [-0.2, 0) is 32.7 Å². The smallest absolute Gasteiger partial charge is 0.174 e. The first-order valence-corrected chi connectivity index (χ1v) is 6.61. The Morgan fingerprint density at radius 2 is 2.05 bits per heavy atom. The minimum absolute atomic E-state index is 0. The summed E-state index contributed by atoms with van der Waals surface area (Å²) in [6, 6.07) is 9.46. The summed E-state index contributed by atoms with van der Waals surface area (Å²) >= 11 is 6.07. The Balaban J connectivity index is 0.00000220. The number of hydrogen-bond acceptors (Lipinski definition) is 3. The summed E-state index contributed by atoms with van der Waals surface area (Å²) in [7, 11) is 0. The molecule has 2 rings (SSSR count). The van der Waals surface area contributed by atoms with Gasteiger partial charge in [-0.25, -0.2) is 0 Å². The molecule has 0 spiro atoms. The molecule has 0 saturated carbocycles. The maximum absolute atomic E-state index is 8.48. The van der Waals surface area contributed by atoms with E-state index < -0.39 is 0 Å². The van der Waals surface area contributed by atoms with Gasteiger partial charge in [0.2, 0.25) is 0 Å². The summed E-state index contributed by atoms with van der Waals surface area (Å²) in [5.74, 6) is 0.669. The molecule has 0 amide bonds. The van der Waals surface area contributed by atoms with Crippen LogP contribution in [0.1, 0.15) is 12.5 Å². The average molecular weight is 375 g/mol. The molecule has 105 valence electrons. The monoisotopic (exact) mass is 374 g/mol. The molecule has 0 N–H and O–H groups in total. The molecule has 21 heavy (non-hydrogen) atoms. The summed E-state index contributed by atoms with van der Waals surface area (Å²) in [6.45, 7) is 6.83. The second kappa shape index (κ2) is 8.39. The molecule has 3 nitrogen and oxygen atoms in total. The zero-order valence-corrected chi connectivity index (χ0v) is 15.4. The largest absolute Gasteiger partial charge is 0.479 e. The molecule has 0 aliphatic carbocycles. The topological polar surface area (TPSA) is 36.3 Å². The standard InChI is InChI=1S/C16H14ClN2O.Y/c1-3-19-12(2)15(17)8-9-16(19)13-4-6-14(7-5-13)20-11-10-18;/h4-8H,2-3,11H2,1H3;/q-1;. The molecular formula is C16H14ClN2OY-. The van der Waals surface area contributed by atoms with Gasteiger partial charge in [0.25, 0.3) is 0 Å². The number of likely N-dealkylation sites (N-methyl/N-ethyl adjacent to an activating group) is 1. The Morgan fingerprint density at radius 3 is 2.62 bits per heavy atom. The molecule has 0 atom stereocenters. The van der Waals surface area contributed by atoms with Crippen molar-refractivity contribution in [2.24, 2.45) is 0 Å². The number of nitrogens with zero attached hydrogens (tertiary/aromatic N) is 2. The predicted octanol–water partition coefficient (Wildman–Crippen LogP) is 3.70. The Kier molecular flexibility index (Phi) is 7.18. The first-order chi connectivity index (χ1) is 9.67. The molecule has 1 aromatic carbocycles. The van der Waals surface area contributed by atoms with Crippen LogP contribution in [0.5, 0.6) is 5.75 Å². The van der Waals surface area contributed by atoms with Crippen LogP contribution in [0.3, 0.4) is 0 Å². The van der Waals surface area contributed by atoms with Crippen molar-refractivity contribution in [1.82, 2.24) is 4.90 Å². The van der Waals surface area contributed by atoms with E-state index in [0.717, 1.165) is 23.5 Å². The van der Waals surface area contributed by atoms with Crippen molar-refractivity contribution in [3.05, 3.63) is 59.3 Å². The van der Waals surface area contributed by atoms with E-state index in [4.69, 9.17) is 21.6 Å². The predicted molar refractivity (Wildman–Crippen MR) is 79.7 cm³/mol. The zero-order valence-electron chi connectivity index (χ0n) is 11.8. The fraction of sp³-hybridized carbons (Fsp3) is 0.188. The van der Waals surface area contributed by atoms with Crippen molar-refractivity contribution in [1.29, 1.82) is 5.26 Å². The Labute approximate surface area is 155 Å². The van der Waals surface area contributed by atoms with Crippen LogP contribution < -0.4 is 4.74 Å². The number of rotatable bonds is 4. The number of allylic oxidation sites excluding steroid dienone is 3. The van der Waals surface area contributed by atoms with Crippen molar-refractivity contribution in [3.8, 4) is 11.8 Å². The summed E-state index contributed by atoms with van der Waals surface area (Å²) in [4.78, 5) is 2.01. The van der Waals surface area contributed by atoms with E-state index >= 15 is 0 Å². The van der Waals surface area contributed by atoms with Crippen molar-refractivity contribution >= 4 is 17.3 Å². The number of ether oxygens (including phenoxy) is 1. The van der Waals surface area contributed by atoms with Gasteiger partial charge in [-0.05, 0) is 29.8 Å². The van der Waals surface area contributed by atoms with E-state index in [-0.39, 0.29) is 39.3 Å². The summed E-state index contributed by atoms with van der Waals surface area (Å²) in [5.41, 5.74) is 2.69. The molecule has 0 fully saturated rings. The second-order valence-electron chi connectivity index (χ2n) is 4.15. The fourth-order valence-corrected chi connectivity index (χ4v) is 2.13. The van der Waals surface area contributed by atoms with E-state index in [2.05, 4.69) is 12.7 Å². The average Bonchev–Trinajstić information content (AvgIpc) is 2.48. The molecule has 1 aromatic rings. The van der Waals surface area contributed by atoms with Crippen molar-refractivity contribution in [2.75, 3.05) is 13.2 Å². The maximum atomic E-state index is 8.48. The number of hydrogen-bond donors (Lipinski definition) is 0. The molecule has 0 aromatic heterocycles. The van der Waals surface area contributed by atoms with Gasteiger partial charge in [0.1, 0.15) is 11.8 Å². The zero-order chi connectivity index (χ0) is 14.5. The van der Waals surface area contributed by atoms with E-state index in [1.54, 1.807) is 6.08 Å². The van der Waals surface area contributed by atoms with Gasteiger partial charge in [0.05, 0.1) is 0 Å². The Hall–Kier alpha value is -1.08. The molecule has 1 aliphatic heterocycles. The molecule has 1 heterocycles. The van der Waals surface area contributed by atoms with E-state index in [1.807, 2.05) is 42.2 Å². The minimum atomic E-state index is 0. The molecular weight excluding hydrogens is 361 g/mol. The molecule has 0 unspecified atom stereocenters. The molecule has 0 saturated heterocycles. The number of benzene rings is 1. The van der Waals surface area contributed by atoms with Crippen LogP contribution in [0.4, 0.5) is 0 Å². The third kappa shape index (κ3) is 4.20. The van der Waals surface area contributed by atoms with Crippen LogP contribution in [0, 0.1) is 17.4 Å². The summed E-state index contributed by atoms with van der Waals surface area (Å²) in [5, 5.41) is 9.08. The van der Waals surface area contributed by atoms with Crippen LogP contribution in [0.25, 0.3) is 5.70 Å². The van der Waals surface area contributed by atoms with Gasteiger partial charge in [0.15, 0.2) is 6.61 Å². The van der Waals surface area contributed by atoms with Gasteiger partial charge >= 0.3 is 0 Å². The van der Waals surface area contributed by atoms with Gasteiger partial charge in [-0.1, -0.05) is 17.8 Å². The van der Waals surface area contributed by atoms with Crippen LogP contribution in [-0.4, -0.2) is 18.1 Å². The van der Waals surface area contributed by atoms with Crippen LogP contribution >= 0.6 is 11.6 Å². The molecule has 5 heteroatoms. The third-order valence-electron chi connectivity index (χ3n) is 2.95. The molecule has 1 aliphatic rings. The van der Waals surface area contributed by atoms with Gasteiger partial charge in [0, 0.05) is 39.3 Å². The first-order valence-electron chi connectivity index (χ1n) is 6.23. The third-order valence-corrected chi connectivity index (χ3v) is 3.28. The fourth-order valence-electron chi connectivity index (χ4n) is 1.97. The first kappa shape index (κ1) is 18.0. The maximum Gasteiger partial charge on any atom is 0.174 e. The van der Waals surface area contributed by atoms with Gasteiger partial charge < -0.3 is 9.64 Å².